The van der Waals surface area contributed by atoms with Crippen LogP contribution in [0.25, 0.3) is 0 Å². The molecule has 0 atom stereocenters. The highest BCUT2D eigenvalue weighted by molar-refractivity contribution is 4.94. The first-order valence-corrected chi connectivity index (χ1v) is 5.37. The van der Waals surface area contributed by atoms with Crippen molar-refractivity contribution < 1.29 is 0 Å². The second-order valence-electron chi connectivity index (χ2n) is 4.97. The lowest BCUT2D eigenvalue weighted by atomic mass is 9.91. The summed E-state index contributed by atoms with van der Waals surface area (Å²) >= 11 is 0. The third-order valence-electron chi connectivity index (χ3n) is 1.90. The maximum Gasteiger partial charge on any atom is 0.0143 e. The molecule has 0 amide bonds. The Labute approximate surface area is 83.6 Å². The van der Waals surface area contributed by atoms with E-state index in [4.69, 9.17) is 0 Å². The molecule has 0 saturated carbocycles. The molecule has 0 unspecified atom stereocenters. The van der Waals surface area contributed by atoms with Crippen molar-refractivity contribution >= 4 is 0 Å². The number of hydrogen-bond acceptors (Lipinski definition) is 1. The van der Waals surface area contributed by atoms with Crippen LogP contribution in [0.1, 0.15) is 53.4 Å². The summed E-state index contributed by atoms with van der Waals surface area (Å²) in [4.78, 5) is 0. The van der Waals surface area contributed by atoms with Crippen LogP contribution in [0.4, 0.5) is 0 Å². The first kappa shape index (κ1) is 12.5. The van der Waals surface area contributed by atoms with Gasteiger partial charge in [-0.2, -0.15) is 0 Å². The van der Waals surface area contributed by atoms with Crippen LogP contribution in [0.3, 0.4) is 0 Å². The number of hydrogen-bond donors (Lipinski definition) is 1. The van der Waals surface area contributed by atoms with Gasteiger partial charge in [0.05, 0.1) is 0 Å². The quantitative estimate of drug-likeness (QED) is 0.619. The van der Waals surface area contributed by atoms with Crippen molar-refractivity contribution in [2.24, 2.45) is 5.41 Å². The fourth-order valence-electron chi connectivity index (χ4n) is 1.34. The number of unbranched alkanes of at least 4 members (excludes halogenated alkanes) is 2. The van der Waals surface area contributed by atoms with Crippen LogP contribution >= 0.6 is 0 Å². The molecule has 0 heterocycles. The molecule has 0 aliphatic rings. The maximum atomic E-state index is 4.03. The van der Waals surface area contributed by atoms with Crippen molar-refractivity contribution in [2.75, 3.05) is 6.54 Å². The summed E-state index contributed by atoms with van der Waals surface area (Å²) in [7, 11) is 0. The van der Waals surface area contributed by atoms with Gasteiger partial charge in [0, 0.05) is 12.2 Å². The highest BCUT2D eigenvalue weighted by Crippen LogP contribution is 2.21. The molecule has 0 aromatic rings. The highest BCUT2D eigenvalue weighted by Gasteiger charge is 2.11. The summed E-state index contributed by atoms with van der Waals surface area (Å²) in [5.41, 5.74) is 1.54. The minimum Gasteiger partial charge on any atom is -0.389 e. The van der Waals surface area contributed by atoms with Crippen LogP contribution in [0.5, 0.6) is 0 Å². The van der Waals surface area contributed by atoms with Crippen molar-refractivity contribution in [1.29, 1.82) is 0 Å². The average molecular weight is 183 g/mol. The van der Waals surface area contributed by atoms with Gasteiger partial charge < -0.3 is 5.32 Å². The molecule has 0 aliphatic heterocycles. The predicted octanol–water partition coefficient (Wildman–Crippen LogP) is 3.72. The monoisotopic (exact) mass is 183 g/mol. The summed E-state index contributed by atoms with van der Waals surface area (Å²) in [5.74, 6) is 0. The van der Waals surface area contributed by atoms with E-state index < -0.39 is 0 Å². The summed E-state index contributed by atoms with van der Waals surface area (Å²) in [6.07, 6.45) is 4.93. The van der Waals surface area contributed by atoms with E-state index in [9.17, 15) is 0 Å². The third-order valence-corrected chi connectivity index (χ3v) is 1.90. The summed E-state index contributed by atoms with van der Waals surface area (Å²) in [5, 5.41) is 3.38. The van der Waals surface area contributed by atoms with Crippen LogP contribution in [-0.4, -0.2) is 6.54 Å². The van der Waals surface area contributed by atoms with Gasteiger partial charge in [0.25, 0.3) is 0 Å². The van der Waals surface area contributed by atoms with Gasteiger partial charge in [-0.1, -0.05) is 47.1 Å². The van der Waals surface area contributed by atoms with Gasteiger partial charge in [-0.3, -0.25) is 0 Å². The second-order valence-corrected chi connectivity index (χ2v) is 4.97. The molecule has 0 spiro atoms. The number of allylic oxidation sites excluding steroid dienone is 1. The lowest BCUT2D eigenvalue weighted by Gasteiger charge is -2.20. The van der Waals surface area contributed by atoms with Crippen molar-refractivity contribution in [2.45, 2.75) is 53.4 Å². The summed E-state index contributed by atoms with van der Waals surface area (Å²) < 4.78 is 0. The molecule has 1 nitrogen and oxygen atoms in total. The summed E-state index contributed by atoms with van der Waals surface area (Å²) in [6, 6.07) is 0. The maximum absolute atomic E-state index is 4.03. The molecule has 0 bridgehead atoms. The molecule has 1 N–H and O–H groups in total. The van der Waals surface area contributed by atoms with E-state index in [1.165, 1.54) is 25.0 Å². The van der Waals surface area contributed by atoms with Crippen LogP contribution in [0.15, 0.2) is 12.3 Å². The van der Waals surface area contributed by atoms with Gasteiger partial charge in [-0.15, -0.1) is 0 Å². The zero-order valence-electron chi connectivity index (χ0n) is 9.74. The lowest BCUT2D eigenvalue weighted by Crippen LogP contribution is -2.18. The normalized spacial score (nSPS) is 11.4. The smallest absolute Gasteiger partial charge is 0.0143 e. The molecular formula is C12H25N. The van der Waals surface area contributed by atoms with Gasteiger partial charge in [0.15, 0.2) is 0 Å². The molecule has 0 rings (SSSR count). The molecule has 0 aliphatic carbocycles. The fourth-order valence-corrected chi connectivity index (χ4v) is 1.34. The molecule has 78 valence electrons. The zero-order chi connectivity index (χ0) is 10.3. The molecule has 0 saturated heterocycles. The van der Waals surface area contributed by atoms with Crippen molar-refractivity contribution in [3.05, 3.63) is 12.3 Å². The van der Waals surface area contributed by atoms with E-state index in [2.05, 4.69) is 39.6 Å². The fraction of sp³-hybridized carbons (Fsp3) is 0.833. The molecular weight excluding hydrogens is 158 g/mol. The Hall–Kier alpha value is -0.460. The Balaban J connectivity index is 3.41. The standard InChI is InChI=1S/C12H25N/c1-6-7-8-9-13-11(2)10-12(3,4)5/h13H,2,6-10H2,1,3-5H3. The Morgan fingerprint density at radius 2 is 1.85 bits per heavy atom. The average Bonchev–Trinajstić information content (AvgIpc) is 1.94. The highest BCUT2D eigenvalue weighted by atomic mass is 14.9. The van der Waals surface area contributed by atoms with E-state index in [0.717, 1.165) is 13.0 Å². The van der Waals surface area contributed by atoms with E-state index in [1.807, 2.05) is 0 Å². The number of rotatable bonds is 6. The largest absolute Gasteiger partial charge is 0.389 e. The SMILES string of the molecule is C=C(CC(C)(C)C)NCCCCC. The van der Waals surface area contributed by atoms with Gasteiger partial charge in [0.1, 0.15) is 0 Å². The van der Waals surface area contributed by atoms with Gasteiger partial charge in [0.2, 0.25) is 0 Å². The Morgan fingerprint density at radius 1 is 1.23 bits per heavy atom. The predicted molar refractivity (Wildman–Crippen MR) is 60.7 cm³/mol. The van der Waals surface area contributed by atoms with Crippen LogP contribution in [-0.2, 0) is 0 Å². The van der Waals surface area contributed by atoms with Crippen molar-refractivity contribution in [3.8, 4) is 0 Å². The van der Waals surface area contributed by atoms with E-state index in [-0.39, 0.29) is 0 Å². The third kappa shape index (κ3) is 9.45. The van der Waals surface area contributed by atoms with E-state index >= 15 is 0 Å². The van der Waals surface area contributed by atoms with Crippen LogP contribution in [0.2, 0.25) is 0 Å². The minimum absolute atomic E-state index is 0.356. The van der Waals surface area contributed by atoms with Gasteiger partial charge >= 0.3 is 0 Å². The van der Waals surface area contributed by atoms with Crippen LogP contribution in [0, 0.1) is 5.41 Å². The first-order chi connectivity index (χ1) is 5.95. The second kappa shape index (κ2) is 6.06. The lowest BCUT2D eigenvalue weighted by molar-refractivity contribution is 0.398. The molecule has 13 heavy (non-hydrogen) atoms. The molecule has 1 heteroatoms. The van der Waals surface area contributed by atoms with Gasteiger partial charge in [-0.05, 0) is 18.3 Å². The molecule has 0 aromatic heterocycles. The van der Waals surface area contributed by atoms with E-state index in [1.54, 1.807) is 0 Å². The minimum atomic E-state index is 0.356. The van der Waals surface area contributed by atoms with Crippen LogP contribution < -0.4 is 5.32 Å². The van der Waals surface area contributed by atoms with Crippen molar-refractivity contribution in [3.63, 3.8) is 0 Å². The van der Waals surface area contributed by atoms with E-state index in [0.29, 0.717) is 5.41 Å². The first-order valence-electron chi connectivity index (χ1n) is 5.37. The molecule has 0 fully saturated rings. The molecule has 0 radical (unpaired) electrons. The Morgan fingerprint density at radius 3 is 2.31 bits per heavy atom. The van der Waals surface area contributed by atoms with Crippen molar-refractivity contribution in [1.82, 2.24) is 5.32 Å². The van der Waals surface area contributed by atoms with Gasteiger partial charge in [-0.25, -0.2) is 0 Å². The Kier molecular flexibility index (Phi) is 5.85. The zero-order valence-corrected chi connectivity index (χ0v) is 9.74. The summed E-state index contributed by atoms with van der Waals surface area (Å²) in [6.45, 7) is 14.1. The Bertz CT molecular complexity index is 142. The molecule has 0 aromatic carbocycles. The topological polar surface area (TPSA) is 12.0 Å². The number of nitrogens with one attached hydrogen (secondary N) is 1.